The van der Waals surface area contributed by atoms with Crippen LogP contribution in [0.15, 0.2) is 24.8 Å². The summed E-state index contributed by atoms with van der Waals surface area (Å²) < 4.78 is 38.1. The molecule has 1 fully saturated rings. The summed E-state index contributed by atoms with van der Waals surface area (Å²) in [6, 6.07) is 4.54. The molecule has 1 aliphatic rings. The Labute approximate surface area is 294 Å². The highest BCUT2D eigenvalue weighted by Crippen LogP contribution is 2.35. The molecule has 17 heteroatoms. The van der Waals surface area contributed by atoms with Crippen molar-refractivity contribution in [3.8, 4) is 6.07 Å². The Morgan fingerprint density at radius 1 is 0.961 bits per heavy atom. The molecule has 1 saturated heterocycles. The van der Waals surface area contributed by atoms with Gasteiger partial charge in [-0.05, 0) is 74.4 Å². The summed E-state index contributed by atoms with van der Waals surface area (Å²) in [6.45, 7) is 14.8. The van der Waals surface area contributed by atoms with Gasteiger partial charge in [-0.15, -0.1) is 0 Å². The normalized spacial score (nSPS) is 16.3. The number of fused-ring (bicyclic) bond motifs is 1. The zero-order valence-corrected chi connectivity index (χ0v) is 30.4. The number of nitrogens with zero attached hydrogens (tertiary/aromatic N) is 7. The van der Waals surface area contributed by atoms with Crippen molar-refractivity contribution in [2.45, 2.75) is 97.6 Å². The van der Waals surface area contributed by atoms with Gasteiger partial charge < -0.3 is 33.7 Å². The molecule has 1 atom stereocenters. The van der Waals surface area contributed by atoms with Crippen molar-refractivity contribution >= 4 is 46.9 Å². The molecule has 0 radical (unpaired) electrons. The van der Waals surface area contributed by atoms with Crippen LogP contribution in [0.25, 0.3) is 11.2 Å². The van der Waals surface area contributed by atoms with Gasteiger partial charge in [0.1, 0.15) is 35.0 Å². The van der Waals surface area contributed by atoms with E-state index in [0.717, 1.165) is 12.4 Å². The van der Waals surface area contributed by atoms with Crippen LogP contribution in [-0.2, 0) is 30.3 Å². The van der Waals surface area contributed by atoms with Crippen LogP contribution in [0.5, 0.6) is 0 Å². The third-order valence-corrected chi connectivity index (χ3v) is 7.35. The molecule has 16 nitrogen and oxygen atoms in total. The van der Waals surface area contributed by atoms with Crippen LogP contribution in [0.1, 0.15) is 79.9 Å². The molecule has 0 spiro atoms. The molecule has 0 aliphatic carbocycles. The first-order chi connectivity index (χ1) is 23.6. The van der Waals surface area contributed by atoms with Crippen LogP contribution in [-0.4, -0.2) is 86.3 Å². The zero-order valence-electron chi connectivity index (χ0n) is 30.4. The van der Waals surface area contributed by atoms with Gasteiger partial charge in [-0.25, -0.2) is 38.5 Å². The van der Waals surface area contributed by atoms with Gasteiger partial charge in [-0.1, -0.05) is 0 Å². The van der Waals surface area contributed by atoms with Crippen molar-refractivity contribution in [1.82, 2.24) is 24.8 Å². The summed E-state index contributed by atoms with van der Waals surface area (Å²) in [5.74, 6) is -1.72. The molecular formula is C34H43FN8O8. The lowest BCUT2D eigenvalue weighted by atomic mass is 9.99. The lowest BCUT2D eigenvalue weighted by Crippen LogP contribution is -2.57. The highest BCUT2D eigenvalue weighted by Gasteiger charge is 2.48. The van der Waals surface area contributed by atoms with Crippen molar-refractivity contribution in [1.29, 1.82) is 5.26 Å². The number of imide groups is 1. The van der Waals surface area contributed by atoms with Gasteiger partial charge in [-0.2, -0.15) is 10.2 Å². The predicted molar refractivity (Wildman–Crippen MR) is 181 cm³/mol. The van der Waals surface area contributed by atoms with Crippen molar-refractivity contribution in [3.05, 3.63) is 41.7 Å². The van der Waals surface area contributed by atoms with Crippen molar-refractivity contribution in [2.75, 3.05) is 30.0 Å². The Hall–Kier alpha value is -5.53. The van der Waals surface area contributed by atoms with Crippen LogP contribution in [0.3, 0.4) is 0 Å². The topological polar surface area (TPSA) is 191 Å². The number of nitriles is 1. The lowest BCUT2D eigenvalue weighted by molar-refractivity contribution is -0.147. The monoisotopic (exact) mass is 710 g/mol. The fourth-order valence-electron chi connectivity index (χ4n) is 5.40. The van der Waals surface area contributed by atoms with Gasteiger partial charge in [0, 0.05) is 24.2 Å². The number of imidazole rings is 1. The number of amides is 3. The number of benzene rings is 1. The average Bonchev–Trinajstić information content (AvgIpc) is 3.60. The van der Waals surface area contributed by atoms with Gasteiger partial charge in [-0.3, -0.25) is 0 Å². The van der Waals surface area contributed by atoms with E-state index in [0.29, 0.717) is 10.6 Å². The van der Waals surface area contributed by atoms with Gasteiger partial charge in [0.15, 0.2) is 22.5 Å². The standard InChI is InChI=1S/C34H43FN8O8/c1-31(2,3)49-28(45)40-34(27(44)48-10)13-14-41(17-34)23-12-11-22(35)20(15-36)21(23)16-42-19-39-24-25(42)37-18-38-26(24)43(29(46)50-32(4,5)6)30(47)51-33(7,8)9/h11-12,18-19H,13-14,16-17H2,1-10H3,(H,40,45)/t34-/m1/s1. The second-order valence-electron chi connectivity index (χ2n) is 14.9. The molecule has 0 unspecified atom stereocenters. The fraction of sp³-hybridized carbons (Fsp3) is 0.529. The Balaban J connectivity index is 1.77. The number of aromatic nitrogens is 4. The van der Waals surface area contributed by atoms with E-state index in [1.54, 1.807) is 67.2 Å². The van der Waals surface area contributed by atoms with Crippen LogP contribution in [0.4, 0.5) is 30.3 Å². The zero-order chi connectivity index (χ0) is 38.1. The largest absolute Gasteiger partial charge is 0.467 e. The molecule has 3 amide bonds. The Bertz CT molecular complexity index is 1860. The number of rotatable bonds is 6. The first-order valence-corrected chi connectivity index (χ1v) is 16.1. The van der Waals surface area contributed by atoms with E-state index >= 15 is 4.39 Å². The van der Waals surface area contributed by atoms with Crippen molar-refractivity contribution in [3.63, 3.8) is 0 Å². The van der Waals surface area contributed by atoms with Crippen LogP contribution in [0.2, 0.25) is 0 Å². The number of hydrogen-bond acceptors (Lipinski definition) is 13. The van der Waals surface area contributed by atoms with Gasteiger partial charge >= 0.3 is 24.2 Å². The molecule has 1 N–H and O–H groups in total. The van der Waals surface area contributed by atoms with Gasteiger partial charge in [0.25, 0.3) is 0 Å². The number of carbonyl (C=O) groups is 4. The number of nitrogens with one attached hydrogen (secondary N) is 1. The van der Waals surface area contributed by atoms with Gasteiger partial charge in [0.2, 0.25) is 0 Å². The number of alkyl carbamates (subject to hydrolysis) is 1. The molecule has 3 heterocycles. The third kappa shape index (κ3) is 8.80. The summed E-state index contributed by atoms with van der Waals surface area (Å²) in [4.78, 5) is 67.8. The summed E-state index contributed by atoms with van der Waals surface area (Å²) in [6.07, 6.45) is -0.370. The SMILES string of the molecule is COC(=O)[C@@]1(NC(=O)OC(C)(C)C)CCN(c2ccc(F)c(C#N)c2Cn2cnc3c(N(C(=O)OC(C)(C)C)C(=O)OC(C)(C)C)ncnc32)C1. The number of ether oxygens (including phenoxy) is 4. The number of esters is 1. The Kier molecular flexibility index (Phi) is 10.5. The summed E-state index contributed by atoms with van der Waals surface area (Å²) >= 11 is 0. The molecule has 1 aromatic carbocycles. The Morgan fingerprint density at radius 2 is 1.57 bits per heavy atom. The molecule has 2 aromatic heterocycles. The van der Waals surface area contributed by atoms with E-state index in [2.05, 4.69) is 20.3 Å². The second kappa shape index (κ2) is 14.0. The van der Waals surface area contributed by atoms with Crippen LogP contribution in [0, 0.1) is 17.1 Å². The molecule has 4 rings (SSSR count). The van der Waals surface area contributed by atoms with E-state index in [-0.39, 0.29) is 54.2 Å². The van der Waals surface area contributed by atoms with Crippen molar-refractivity contribution < 1.29 is 42.5 Å². The molecule has 274 valence electrons. The molecular weight excluding hydrogens is 667 g/mol. The smallest absolute Gasteiger partial charge is 0.425 e. The number of halogens is 1. The lowest BCUT2D eigenvalue weighted by Gasteiger charge is -2.30. The number of anilines is 2. The minimum atomic E-state index is -1.51. The second-order valence-corrected chi connectivity index (χ2v) is 14.9. The van der Waals surface area contributed by atoms with Gasteiger partial charge in [0.05, 0.1) is 32.1 Å². The first kappa shape index (κ1) is 38.3. The summed E-state index contributed by atoms with van der Waals surface area (Å²) in [5, 5.41) is 12.7. The molecule has 0 bridgehead atoms. The fourth-order valence-corrected chi connectivity index (χ4v) is 5.40. The summed E-state index contributed by atoms with van der Waals surface area (Å²) in [7, 11) is 1.20. The van der Waals surface area contributed by atoms with Crippen LogP contribution >= 0.6 is 0 Å². The van der Waals surface area contributed by atoms with Crippen molar-refractivity contribution in [2.24, 2.45) is 0 Å². The average molecular weight is 711 g/mol. The first-order valence-electron chi connectivity index (χ1n) is 16.1. The van der Waals surface area contributed by atoms with E-state index in [1.165, 1.54) is 24.1 Å². The van der Waals surface area contributed by atoms with E-state index in [1.807, 2.05) is 6.07 Å². The quantitative estimate of drug-likeness (QED) is 0.259. The maximum Gasteiger partial charge on any atom is 0.425 e. The minimum absolute atomic E-state index is 0.0121. The van der Waals surface area contributed by atoms with E-state index in [4.69, 9.17) is 18.9 Å². The van der Waals surface area contributed by atoms with E-state index < -0.39 is 52.4 Å². The maximum atomic E-state index is 15.2. The maximum absolute atomic E-state index is 15.2. The number of methoxy groups -OCH3 is 1. The molecule has 3 aromatic rings. The third-order valence-electron chi connectivity index (χ3n) is 7.35. The molecule has 51 heavy (non-hydrogen) atoms. The Morgan fingerprint density at radius 3 is 2.12 bits per heavy atom. The molecule has 1 aliphatic heterocycles. The molecule has 0 saturated carbocycles. The number of hydrogen-bond donors (Lipinski definition) is 1. The highest BCUT2D eigenvalue weighted by atomic mass is 19.1. The summed E-state index contributed by atoms with van der Waals surface area (Å²) in [5.41, 5.74) is -3.82. The van der Waals surface area contributed by atoms with E-state index in [9.17, 15) is 24.4 Å². The predicted octanol–water partition coefficient (Wildman–Crippen LogP) is 5.21. The highest BCUT2D eigenvalue weighted by molar-refractivity contribution is 6.12. The number of carbonyl (C=O) groups excluding carboxylic acids is 4. The minimum Gasteiger partial charge on any atom is -0.467 e. The van der Waals surface area contributed by atoms with Crippen LogP contribution < -0.4 is 15.1 Å².